The first-order chi connectivity index (χ1) is 6.57. The SMILES string of the molecule is Cc1cc(CCCN)c(C)c(Br)c1O. The first-order valence-corrected chi connectivity index (χ1v) is 5.54. The lowest BCUT2D eigenvalue weighted by molar-refractivity contribution is 0.466. The highest BCUT2D eigenvalue weighted by atomic mass is 79.9. The number of halogens is 1. The molecule has 0 bridgehead atoms. The molecule has 0 saturated heterocycles. The fraction of sp³-hybridized carbons (Fsp3) is 0.455. The van der Waals surface area contributed by atoms with E-state index >= 15 is 0 Å². The predicted molar refractivity (Wildman–Crippen MR) is 62.7 cm³/mol. The molecule has 1 rings (SSSR count). The van der Waals surface area contributed by atoms with Gasteiger partial charge in [0.1, 0.15) is 5.75 Å². The Balaban J connectivity index is 3.06. The van der Waals surface area contributed by atoms with Crippen molar-refractivity contribution in [2.45, 2.75) is 26.7 Å². The number of hydrogen-bond acceptors (Lipinski definition) is 2. The summed E-state index contributed by atoms with van der Waals surface area (Å²) in [7, 11) is 0. The summed E-state index contributed by atoms with van der Waals surface area (Å²) in [6.45, 7) is 4.62. The molecule has 0 radical (unpaired) electrons. The summed E-state index contributed by atoms with van der Waals surface area (Å²) in [4.78, 5) is 0. The van der Waals surface area contributed by atoms with Crippen LogP contribution in [0.1, 0.15) is 23.1 Å². The number of rotatable bonds is 3. The van der Waals surface area contributed by atoms with Crippen LogP contribution in [0.15, 0.2) is 10.5 Å². The summed E-state index contributed by atoms with van der Waals surface area (Å²) in [5.41, 5.74) is 8.76. The third kappa shape index (κ3) is 2.28. The zero-order chi connectivity index (χ0) is 10.7. The summed E-state index contributed by atoms with van der Waals surface area (Å²) in [6, 6.07) is 2.03. The highest BCUT2D eigenvalue weighted by Gasteiger charge is 2.09. The van der Waals surface area contributed by atoms with Crippen LogP contribution in [0, 0.1) is 13.8 Å². The lowest BCUT2D eigenvalue weighted by Gasteiger charge is -2.11. The van der Waals surface area contributed by atoms with Gasteiger partial charge < -0.3 is 10.8 Å². The first kappa shape index (κ1) is 11.5. The van der Waals surface area contributed by atoms with E-state index in [-0.39, 0.29) is 0 Å². The third-order valence-corrected chi connectivity index (χ3v) is 3.40. The average molecular weight is 258 g/mol. The number of aromatic hydroxyl groups is 1. The van der Waals surface area contributed by atoms with Gasteiger partial charge in [-0.3, -0.25) is 0 Å². The maximum atomic E-state index is 9.67. The van der Waals surface area contributed by atoms with E-state index in [0.29, 0.717) is 12.3 Å². The molecule has 0 saturated carbocycles. The van der Waals surface area contributed by atoms with Crippen molar-refractivity contribution in [3.63, 3.8) is 0 Å². The Morgan fingerprint density at radius 1 is 1.43 bits per heavy atom. The van der Waals surface area contributed by atoms with Crippen molar-refractivity contribution in [2.75, 3.05) is 6.54 Å². The van der Waals surface area contributed by atoms with Crippen molar-refractivity contribution in [1.82, 2.24) is 0 Å². The van der Waals surface area contributed by atoms with Crippen LogP contribution in [0.5, 0.6) is 5.75 Å². The van der Waals surface area contributed by atoms with Crippen molar-refractivity contribution in [3.8, 4) is 5.75 Å². The van der Waals surface area contributed by atoms with Crippen LogP contribution in [-0.2, 0) is 6.42 Å². The molecular weight excluding hydrogens is 242 g/mol. The molecule has 3 N–H and O–H groups in total. The van der Waals surface area contributed by atoms with E-state index in [2.05, 4.69) is 15.9 Å². The average Bonchev–Trinajstić information content (AvgIpc) is 2.18. The monoisotopic (exact) mass is 257 g/mol. The molecule has 0 aliphatic heterocycles. The molecule has 0 aliphatic rings. The van der Waals surface area contributed by atoms with Crippen LogP contribution < -0.4 is 5.73 Å². The standard InChI is InChI=1S/C11H16BrNO/c1-7-6-9(4-3-5-13)8(2)10(12)11(7)14/h6,14H,3-5,13H2,1-2H3. The largest absolute Gasteiger partial charge is 0.506 e. The molecule has 0 spiro atoms. The molecular formula is C11H16BrNO. The number of benzene rings is 1. The number of nitrogens with two attached hydrogens (primary N) is 1. The van der Waals surface area contributed by atoms with Gasteiger partial charge in [-0.15, -0.1) is 0 Å². The van der Waals surface area contributed by atoms with Crippen LogP contribution in [-0.4, -0.2) is 11.7 Å². The molecule has 78 valence electrons. The minimum Gasteiger partial charge on any atom is -0.506 e. The lowest BCUT2D eigenvalue weighted by Crippen LogP contribution is -2.02. The van der Waals surface area contributed by atoms with Gasteiger partial charge in [0.2, 0.25) is 0 Å². The van der Waals surface area contributed by atoms with E-state index in [9.17, 15) is 5.11 Å². The van der Waals surface area contributed by atoms with E-state index in [1.165, 1.54) is 5.56 Å². The highest BCUT2D eigenvalue weighted by molar-refractivity contribution is 9.10. The lowest BCUT2D eigenvalue weighted by atomic mass is 10.0. The van der Waals surface area contributed by atoms with Gasteiger partial charge >= 0.3 is 0 Å². The molecule has 0 heterocycles. The molecule has 1 aromatic rings. The van der Waals surface area contributed by atoms with Gasteiger partial charge in [-0.2, -0.15) is 0 Å². The van der Waals surface area contributed by atoms with Crippen molar-refractivity contribution in [3.05, 3.63) is 27.2 Å². The van der Waals surface area contributed by atoms with E-state index in [1.807, 2.05) is 19.9 Å². The van der Waals surface area contributed by atoms with E-state index in [0.717, 1.165) is 28.4 Å². The number of aryl methyl sites for hydroxylation is 2. The van der Waals surface area contributed by atoms with Gasteiger partial charge in [-0.05, 0) is 65.9 Å². The van der Waals surface area contributed by atoms with Gasteiger partial charge in [-0.25, -0.2) is 0 Å². The molecule has 0 aliphatic carbocycles. The van der Waals surface area contributed by atoms with Gasteiger partial charge in [0.15, 0.2) is 0 Å². The molecule has 2 nitrogen and oxygen atoms in total. The molecule has 14 heavy (non-hydrogen) atoms. The highest BCUT2D eigenvalue weighted by Crippen LogP contribution is 2.33. The summed E-state index contributed by atoms with van der Waals surface area (Å²) < 4.78 is 0.810. The van der Waals surface area contributed by atoms with Crippen LogP contribution in [0.3, 0.4) is 0 Å². The van der Waals surface area contributed by atoms with Crippen molar-refractivity contribution >= 4 is 15.9 Å². The smallest absolute Gasteiger partial charge is 0.132 e. The van der Waals surface area contributed by atoms with Crippen molar-refractivity contribution < 1.29 is 5.11 Å². The number of phenols is 1. The minimum absolute atomic E-state index is 0.346. The summed E-state index contributed by atoms with van der Waals surface area (Å²) >= 11 is 3.39. The molecule has 0 atom stereocenters. The van der Waals surface area contributed by atoms with Crippen molar-refractivity contribution in [1.29, 1.82) is 0 Å². The quantitative estimate of drug-likeness (QED) is 0.875. The Labute approximate surface area is 93.3 Å². The van der Waals surface area contributed by atoms with Crippen LogP contribution in [0.2, 0.25) is 0 Å². The van der Waals surface area contributed by atoms with Crippen LogP contribution in [0.4, 0.5) is 0 Å². The first-order valence-electron chi connectivity index (χ1n) is 4.75. The minimum atomic E-state index is 0.346. The van der Waals surface area contributed by atoms with E-state index in [4.69, 9.17) is 5.73 Å². The Morgan fingerprint density at radius 3 is 2.64 bits per heavy atom. The Morgan fingerprint density at radius 2 is 2.07 bits per heavy atom. The summed E-state index contributed by atoms with van der Waals surface area (Å²) in [5, 5.41) is 9.67. The normalized spacial score (nSPS) is 10.6. The zero-order valence-corrected chi connectivity index (χ0v) is 10.2. The number of hydrogen-bond donors (Lipinski definition) is 2. The molecule has 1 aromatic carbocycles. The topological polar surface area (TPSA) is 46.2 Å². The van der Waals surface area contributed by atoms with Gasteiger partial charge in [-0.1, -0.05) is 6.07 Å². The maximum absolute atomic E-state index is 9.67. The Bertz CT molecular complexity index is 337. The van der Waals surface area contributed by atoms with Crippen LogP contribution in [0.25, 0.3) is 0 Å². The maximum Gasteiger partial charge on any atom is 0.132 e. The fourth-order valence-electron chi connectivity index (χ4n) is 1.48. The molecule has 0 aromatic heterocycles. The zero-order valence-electron chi connectivity index (χ0n) is 8.60. The van der Waals surface area contributed by atoms with Crippen molar-refractivity contribution in [2.24, 2.45) is 5.73 Å². The molecule has 0 amide bonds. The predicted octanol–water partition coefficient (Wildman–Crippen LogP) is 2.66. The van der Waals surface area contributed by atoms with Crippen LogP contribution >= 0.6 is 15.9 Å². The summed E-state index contributed by atoms with van der Waals surface area (Å²) in [5.74, 6) is 0.346. The molecule has 0 fully saturated rings. The molecule has 3 heteroatoms. The second kappa shape index (κ2) is 4.80. The second-order valence-corrected chi connectivity index (χ2v) is 4.33. The number of phenolic OH excluding ortho intramolecular Hbond substituents is 1. The second-order valence-electron chi connectivity index (χ2n) is 3.53. The summed E-state index contributed by atoms with van der Waals surface area (Å²) in [6.07, 6.45) is 1.96. The van der Waals surface area contributed by atoms with Gasteiger partial charge in [0.25, 0.3) is 0 Å². The Kier molecular flexibility index (Phi) is 3.96. The third-order valence-electron chi connectivity index (χ3n) is 2.43. The van der Waals surface area contributed by atoms with Gasteiger partial charge in [0.05, 0.1) is 4.47 Å². The molecule has 0 unspecified atom stereocenters. The Hall–Kier alpha value is -0.540. The van der Waals surface area contributed by atoms with E-state index < -0.39 is 0 Å². The van der Waals surface area contributed by atoms with E-state index in [1.54, 1.807) is 0 Å². The van der Waals surface area contributed by atoms with Gasteiger partial charge in [0, 0.05) is 0 Å². The fourth-order valence-corrected chi connectivity index (χ4v) is 2.05.